The third kappa shape index (κ3) is 5.43. The zero-order chi connectivity index (χ0) is 35.1. The zero-order valence-corrected chi connectivity index (χ0v) is 26.9. The lowest BCUT2D eigenvalue weighted by Crippen LogP contribution is -2.26. The van der Waals surface area contributed by atoms with E-state index in [1.165, 1.54) is 0 Å². The number of hydrogen-bond donors (Lipinski definition) is 3. The van der Waals surface area contributed by atoms with Crippen molar-refractivity contribution in [1.29, 1.82) is 0 Å². The lowest BCUT2D eigenvalue weighted by molar-refractivity contribution is 0.0979. The Labute approximate surface area is 291 Å². The van der Waals surface area contributed by atoms with Crippen molar-refractivity contribution in [2.75, 3.05) is 22.7 Å². The van der Waals surface area contributed by atoms with E-state index in [2.05, 4.69) is 16.0 Å². The van der Waals surface area contributed by atoms with Crippen LogP contribution < -0.4 is 20.7 Å². The molecule has 8 rings (SSSR count). The van der Waals surface area contributed by atoms with E-state index in [9.17, 15) is 24.0 Å². The molecule has 0 unspecified atom stereocenters. The molecule has 0 bridgehead atoms. The van der Waals surface area contributed by atoms with Gasteiger partial charge in [0.1, 0.15) is 5.75 Å². The fourth-order valence-corrected chi connectivity index (χ4v) is 6.57. The van der Waals surface area contributed by atoms with Gasteiger partial charge in [-0.05, 0) is 48.5 Å². The van der Waals surface area contributed by atoms with Crippen molar-refractivity contribution in [1.82, 2.24) is 0 Å². The molecular weight excluding hydrogens is 642 g/mol. The minimum Gasteiger partial charge on any atom is -0.473 e. The molecular formula is C42H27N3O6. The van der Waals surface area contributed by atoms with Crippen LogP contribution in [0.15, 0.2) is 133 Å². The van der Waals surface area contributed by atoms with Crippen LogP contribution in [0, 0.1) is 0 Å². The first-order chi connectivity index (χ1) is 24.9. The van der Waals surface area contributed by atoms with E-state index in [1.54, 1.807) is 103 Å². The Bertz CT molecular complexity index is 2440. The average Bonchev–Trinajstić information content (AvgIpc) is 3.17. The number of ether oxygens (including phenoxy) is 1. The van der Waals surface area contributed by atoms with Crippen LogP contribution in [0.5, 0.6) is 5.75 Å². The van der Waals surface area contributed by atoms with Crippen molar-refractivity contribution < 1.29 is 28.7 Å². The lowest BCUT2D eigenvalue weighted by Gasteiger charge is -2.26. The highest BCUT2D eigenvalue weighted by molar-refractivity contribution is 6.34. The molecule has 0 fully saturated rings. The fourth-order valence-electron chi connectivity index (χ4n) is 6.57. The molecule has 0 aliphatic heterocycles. The summed E-state index contributed by atoms with van der Waals surface area (Å²) < 4.78 is 5.81. The molecule has 6 aromatic carbocycles. The molecule has 9 nitrogen and oxygen atoms in total. The Morgan fingerprint density at radius 1 is 0.451 bits per heavy atom. The van der Waals surface area contributed by atoms with Crippen LogP contribution in [0.1, 0.15) is 74.0 Å². The smallest absolute Gasteiger partial charge is 0.255 e. The van der Waals surface area contributed by atoms with Gasteiger partial charge in [-0.1, -0.05) is 84.9 Å². The summed E-state index contributed by atoms with van der Waals surface area (Å²) >= 11 is 0. The summed E-state index contributed by atoms with van der Waals surface area (Å²) in [6.07, 6.45) is 0. The molecule has 2 aliphatic carbocycles. The van der Waals surface area contributed by atoms with E-state index in [4.69, 9.17) is 4.74 Å². The van der Waals surface area contributed by atoms with Gasteiger partial charge in [0.15, 0.2) is 29.9 Å². The SMILES string of the molecule is O=C(Nc1cccc2c1C(=O)c1cccc(Nc3ccc(NCOc4ccccc4)c4c3C(=O)c3ccccc3C4=O)c1C2=O)c1ccccc1. The van der Waals surface area contributed by atoms with Crippen molar-refractivity contribution in [3.05, 3.63) is 184 Å². The Morgan fingerprint density at radius 2 is 0.922 bits per heavy atom. The predicted octanol–water partition coefficient (Wildman–Crippen LogP) is 7.68. The van der Waals surface area contributed by atoms with E-state index in [1.807, 2.05) is 30.3 Å². The van der Waals surface area contributed by atoms with E-state index in [0.29, 0.717) is 17.0 Å². The van der Waals surface area contributed by atoms with E-state index < -0.39 is 17.5 Å². The number of rotatable bonds is 8. The Hall–Kier alpha value is -7.13. The highest BCUT2D eigenvalue weighted by atomic mass is 16.5. The highest BCUT2D eigenvalue weighted by Gasteiger charge is 2.36. The third-order valence-electron chi connectivity index (χ3n) is 8.95. The zero-order valence-electron chi connectivity index (χ0n) is 26.9. The van der Waals surface area contributed by atoms with Crippen LogP contribution in [-0.4, -0.2) is 35.8 Å². The fraction of sp³-hybridized carbons (Fsp3) is 0.0238. The van der Waals surface area contributed by atoms with E-state index >= 15 is 0 Å². The van der Waals surface area contributed by atoms with E-state index in [0.717, 1.165) is 0 Å². The number of carbonyl (C=O) groups is 5. The molecule has 246 valence electrons. The van der Waals surface area contributed by atoms with Gasteiger partial charge in [-0.25, -0.2) is 0 Å². The molecule has 3 N–H and O–H groups in total. The van der Waals surface area contributed by atoms with Crippen LogP contribution in [0.2, 0.25) is 0 Å². The molecule has 0 atom stereocenters. The minimum atomic E-state index is -0.438. The first-order valence-corrected chi connectivity index (χ1v) is 16.2. The van der Waals surface area contributed by atoms with E-state index in [-0.39, 0.29) is 79.9 Å². The number of anilines is 4. The van der Waals surface area contributed by atoms with Crippen LogP contribution in [0.4, 0.5) is 22.7 Å². The van der Waals surface area contributed by atoms with Gasteiger partial charge in [0.2, 0.25) is 0 Å². The summed E-state index contributed by atoms with van der Waals surface area (Å²) in [4.78, 5) is 69.3. The number of para-hydroxylation sites is 1. The topological polar surface area (TPSA) is 131 Å². The normalized spacial score (nSPS) is 12.6. The third-order valence-corrected chi connectivity index (χ3v) is 8.95. The van der Waals surface area contributed by atoms with Gasteiger partial charge in [-0.15, -0.1) is 0 Å². The van der Waals surface area contributed by atoms with Crippen LogP contribution in [0.25, 0.3) is 0 Å². The number of amides is 1. The average molecular weight is 670 g/mol. The van der Waals surface area contributed by atoms with Crippen molar-refractivity contribution in [2.45, 2.75) is 0 Å². The van der Waals surface area contributed by atoms with Gasteiger partial charge in [0, 0.05) is 33.5 Å². The summed E-state index contributed by atoms with van der Waals surface area (Å²) in [6.45, 7) is 0.0301. The van der Waals surface area contributed by atoms with Gasteiger partial charge in [-0.2, -0.15) is 0 Å². The summed E-state index contributed by atoms with van der Waals surface area (Å²) in [6, 6.07) is 37.3. The summed E-state index contributed by atoms with van der Waals surface area (Å²) in [5.74, 6) is -1.37. The molecule has 51 heavy (non-hydrogen) atoms. The van der Waals surface area contributed by atoms with Gasteiger partial charge in [0.05, 0.1) is 39.3 Å². The van der Waals surface area contributed by atoms with Gasteiger partial charge in [0.25, 0.3) is 5.91 Å². The molecule has 2 aliphatic rings. The maximum atomic E-state index is 14.2. The number of ketones is 4. The summed E-state index contributed by atoms with van der Waals surface area (Å²) in [5.41, 5.74) is 2.91. The van der Waals surface area contributed by atoms with Gasteiger partial charge < -0.3 is 20.7 Å². The first-order valence-electron chi connectivity index (χ1n) is 16.2. The van der Waals surface area contributed by atoms with Crippen molar-refractivity contribution >= 4 is 51.8 Å². The first kappa shape index (κ1) is 31.2. The molecule has 0 saturated heterocycles. The standard InChI is InChI=1S/C42H27N3O6/c46-38-26-15-7-8-16-27(26)39(47)37-33(22-21-30(36(37)38)43-23-51-25-13-5-2-6-14-25)44-31-19-9-17-28-34(31)40(48)29-18-10-20-32(35(29)41(28)49)45-42(50)24-11-3-1-4-12-24/h1-22,43-44H,23H2,(H,45,50). The largest absolute Gasteiger partial charge is 0.473 e. The molecule has 0 saturated carbocycles. The second-order valence-corrected chi connectivity index (χ2v) is 12.0. The molecule has 0 radical (unpaired) electrons. The molecule has 0 spiro atoms. The Balaban J connectivity index is 1.16. The van der Waals surface area contributed by atoms with Crippen LogP contribution in [0.3, 0.4) is 0 Å². The number of nitrogens with one attached hydrogen (secondary N) is 3. The Kier molecular flexibility index (Phi) is 7.77. The second-order valence-electron chi connectivity index (χ2n) is 12.0. The maximum absolute atomic E-state index is 14.2. The molecule has 6 aromatic rings. The quantitative estimate of drug-likeness (QED) is 0.141. The number of carbonyl (C=O) groups excluding carboxylic acids is 5. The van der Waals surface area contributed by atoms with Crippen molar-refractivity contribution in [3.8, 4) is 5.75 Å². The number of hydrogen-bond acceptors (Lipinski definition) is 8. The lowest BCUT2D eigenvalue weighted by atomic mass is 9.81. The summed E-state index contributed by atoms with van der Waals surface area (Å²) in [5, 5.41) is 9.16. The van der Waals surface area contributed by atoms with Crippen LogP contribution in [-0.2, 0) is 0 Å². The second kappa shape index (κ2) is 12.7. The summed E-state index contributed by atoms with van der Waals surface area (Å²) in [7, 11) is 0. The van der Waals surface area contributed by atoms with Crippen molar-refractivity contribution in [2.24, 2.45) is 0 Å². The van der Waals surface area contributed by atoms with Crippen LogP contribution >= 0.6 is 0 Å². The van der Waals surface area contributed by atoms with Crippen molar-refractivity contribution in [3.63, 3.8) is 0 Å². The maximum Gasteiger partial charge on any atom is 0.255 e. The number of benzene rings is 6. The number of fused-ring (bicyclic) bond motifs is 4. The molecule has 0 heterocycles. The molecule has 1 amide bonds. The minimum absolute atomic E-state index is 0.0301. The monoisotopic (exact) mass is 669 g/mol. The van der Waals surface area contributed by atoms with Gasteiger partial charge >= 0.3 is 0 Å². The van der Waals surface area contributed by atoms with Gasteiger partial charge in [-0.3, -0.25) is 24.0 Å². The molecule has 0 aromatic heterocycles. The molecule has 9 heteroatoms. The highest BCUT2D eigenvalue weighted by Crippen LogP contribution is 2.40. The predicted molar refractivity (Wildman–Crippen MR) is 193 cm³/mol. The Morgan fingerprint density at radius 3 is 1.57 bits per heavy atom.